The smallest absolute Gasteiger partial charge is 0.224 e. The van der Waals surface area contributed by atoms with E-state index in [0.29, 0.717) is 10.7 Å². The standard InChI is InChI=1S/C13H9ClN2O/c14-10-6-4-9(5-7-10)12-13(17)16-8-2-1-3-11(16)15-12/h1-8,17H. The van der Waals surface area contributed by atoms with Gasteiger partial charge in [0, 0.05) is 16.8 Å². The number of fused-ring (bicyclic) bond motifs is 1. The molecule has 17 heavy (non-hydrogen) atoms. The van der Waals surface area contributed by atoms with Gasteiger partial charge in [0.05, 0.1) is 0 Å². The first kappa shape index (κ1) is 10.2. The van der Waals surface area contributed by atoms with Gasteiger partial charge >= 0.3 is 0 Å². The van der Waals surface area contributed by atoms with Crippen LogP contribution in [0.4, 0.5) is 0 Å². The SMILES string of the molecule is Oc1c(-c2ccc(Cl)cc2)nc2ccccn12. The van der Waals surface area contributed by atoms with Gasteiger partial charge in [0.1, 0.15) is 11.3 Å². The van der Waals surface area contributed by atoms with E-state index in [2.05, 4.69) is 4.98 Å². The van der Waals surface area contributed by atoms with Crippen molar-refractivity contribution in [2.24, 2.45) is 0 Å². The number of hydrogen-bond acceptors (Lipinski definition) is 2. The average molecular weight is 245 g/mol. The second kappa shape index (κ2) is 3.79. The number of imidazole rings is 1. The van der Waals surface area contributed by atoms with Crippen molar-refractivity contribution >= 4 is 17.2 Å². The molecular weight excluding hydrogens is 236 g/mol. The Labute approximate surface area is 103 Å². The molecule has 0 spiro atoms. The summed E-state index contributed by atoms with van der Waals surface area (Å²) in [6.45, 7) is 0. The maximum Gasteiger partial charge on any atom is 0.224 e. The molecule has 0 saturated heterocycles. The van der Waals surface area contributed by atoms with Crippen molar-refractivity contribution in [3.8, 4) is 17.1 Å². The Balaban J connectivity index is 2.24. The van der Waals surface area contributed by atoms with Gasteiger partial charge in [-0.2, -0.15) is 0 Å². The molecule has 3 rings (SSSR count). The van der Waals surface area contributed by atoms with Crippen LogP contribution in [0.2, 0.25) is 5.02 Å². The van der Waals surface area contributed by atoms with E-state index in [1.807, 2.05) is 30.3 Å². The lowest BCUT2D eigenvalue weighted by molar-refractivity contribution is 0.450. The predicted octanol–water partition coefficient (Wildman–Crippen LogP) is 3.36. The van der Waals surface area contributed by atoms with Gasteiger partial charge in [0.2, 0.25) is 5.88 Å². The second-order valence-electron chi connectivity index (χ2n) is 3.72. The third kappa shape index (κ3) is 1.65. The Bertz CT molecular complexity index is 673. The molecule has 2 aromatic heterocycles. The molecule has 0 radical (unpaired) electrons. The number of nitrogens with zero attached hydrogens (tertiary/aromatic N) is 2. The molecule has 0 saturated carbocycles. The summed E-state index contributed by atoms with van der Waals surface area (Å²) in [6.07, 6.45) is 1.77. The summed E-state index contributed by atoms with van der Waals surface area (Å²) in [7, 11) is 0. The highest BCUT2D eigenvalue weighted by Gasteiger charge is 2.11. The Morgan fingerprint density at radius 2 is 1.82 bits per heavy atom. The molecule has 0 amide bonds. The van der Waals surface area contributed by atoms with Gasteiger partial charge < -0.3 is 5.11 Å². The van der Waals surface area contributed by atoms with Crippen molar-refractivity contribution < 1.29 is 5.11 Å². The molecule has 3 nitrogen and oxygen atoms in total. The molecule has 0 bridgehead atoms. The van der Waals surface area contributed by atoms with Crippen LogP contribution in [-0.4, -0.2) is 14.5 Å². The van der Waals surface area contributed by atoms with E-state index >= 15 is 0 Å². The Morgan fingerprint density at radius 1 is 1.06 bits per heavy atom. The van der Waals surface area contributed by atoms with E-state index in [4.69, 9.17) is 11.6 Å². The third-order valence-corrected chi connectivity index (χ3v) is 2.87. The molecule has 4 heteroatoms. The van der Waals surface area contributed by atoms with E-state index in [0.717, 1.165) is 11.2 Å². The van der Waals surface area contributed by atoms with E-state index in [1.54, 1.807) is 22.7 Å². The zero-order valence-corrected chi connectivity index (χ0v) is 9.59. The Morgan fingerprint density at radius 3 is 2.53 bits per heavy atom. The lowest BCUT2D eigenvalue weighted by Gasteiger charge is -1.98. The van der Waals surface area contributed by atoms with Gasteiger partial charge in [0.25, 0.3) is 0 Å². The first-order chi connectivity index (χ1) is 8.25. The van der Waals surface area contributed by atoms with Crippen LogP contribution >= 0.6 is 11.6 Å². The van der Waals surface area contributed by atoms with E-state index < -0.39 is 0 Å². The molecule has 3 aromatic rings. The van der Waals surface area contributed by atoms with Crippen LogP contribution in [0, 0.1) is 0 Å². The minimum Gasteiger partial charge on any atom is -0.493 e. The fourth-order valence-corrected chi connectivity index (χ4v) is 1.91. The van der Waals surface area contributed by atoms with Gasteiger partial charge in [-0.05, 0) is 24.3 Å². The van der Waals surface area contributed by atoms with Crippen molar-refractivity contribution in [1.29, 1.82) is 0 Å². The van der Waals surface area contributed by atoms with E-state index in [-0.39, 0.29) is 5.88 Å². The predicted molar refractivity (Wildman–Crippen MR) is 67.3 cm³/mol. The fraction of sp³-hybridized carbons (Fsp3) is 0. The largest absolute Gasteiger partial charge is 0.493 e. The summed E-state index contributed by atoms with van der Waals surface area (Å²) in [6, 6.07) is 12.8. The molecule has 0 aliphatic rings. The molecular formula is C13H9ClN2O. The van der Waals surface area contributed by atoms with Crippen molar-refractivity contribution in [3.05, 3.63) is 53.7 Å². The number of pyridine rings is 1. The molecule has 1 aromatic carbocycles. The number of halogens is 1. The van der Waals surface area contributed by atoms with Crippen molar-refractivity contribution in [2.75, 3.05) is 0 Å². The number of aromatic nitrogens is 2. The number of aromatic hydroxyl groups is 1. The van der Waals surface area contributed by atoms with Gasteiger partial charge in [-0.25, -0.2) is 4.98 Å². The molecule has 0 atom stereocenters. The van der Waals surface area contributed by atoms with Crippen LogP contribution in [0.1, 0.15) is 0 Å². The van der Waals surface area contributed by atoms with E-state index in [1.165, 1.54) is 0 Å². The van der Waals surface area contributed by atoms with Gasteiger partial charge in [0.15, 0.2) is 0 Å². The fourth-order valence-electron chi connectivity index (χ4n) is 1.78. The third-order valence-electron chi connectivity index (χ3n) is 2.62. The molecule has 0 aliphatic carbocycles. The van der Waals surface area contributed by atoms with Gasteiger partial charge in [-0.3, -0.25) is 4.40 Å². The first-order valence-electron chi connectivity index (χ1n) is 5.18. The zero-order chi connectivity index (χ0) is 11.8. The minimum atomic E-state index is 0.142. The second-order valence-corrected chi connectivity index (χ2v) is 4.16. The summed E-state index contributed by atoms with van der Waals surface area (Å²) >= 11 is 5.83. The summed E-state index contributed by atoms with van der Waals surface area (Å²) < 4.78 is 1.64. The lowest BCUT2D eigenvalue weighted by atomic mass is 10.2. The summed E-state index contributed by atoms with van der Waals surface area (Å²) in [4.78, 5) is 4.38. The summed E-state index contributed by atoms with van der Waals surface area (Å²) in [5.41, 5.74) is 2.12. The maximum atomic E-state index is 10.1. The maximum absolute atomic E-state index is 10.1. The molecule has 0 aliphatic heterocycles. The van der Waals surface area contributed by atoms with Crippen LogP contribution in [-0.2, 0) is 0 Å². The van der Waals surface area contributed by atoms with Crippen LogP contribution in [0.3, 0.4) is 0 Å². The highest BCUT2D eigenvalue weighted by Crippen LogP contribution is 2.29. The monoisotopic (exact) mass is 244 g/mol. The van der Waals surface area contributed by atoms with Crippen LogP contribution in [0.25, 0.3) is 16.9 Å². The molecule has 2 heterocycles. The van der Waals surface area contributed by atoms with Crippen molar-refractivity contribution in [1.82, 2.24) is 9.38 Å². The number of rotatable bonds is 1. The van der Waals surface area contributed by atoms with Crippen LogP contribution in [0.5, 0.6) is 5.88 Å². The quantitative estimate of drug-likeness (QED) is 0.713. The first-order valence-corrected chi connectivity index (χ1v) is 5.55. The minimum absolute atomic E-state index is 0.142. The zero-order valence-electron chi connectivity index (χ0n) is 8.84. The van der Waals surface area contributed by atoms with E-state index in [9.17, 15) is 5.11 Å². The molecule has 1 N–H and O–H groups in total. The Hall–Kier alpha value is -2.00. The van der Waals surface area contributed by atoms with Crippen molar-refractivity contribution in [2.45, 2.75) is 0 Å². The molecule has 84 valence electrons. The Kier molecular flexibility index (Phi) is 2.27. The lowest BCUT2D eigenvalue weighted by Crippen LogP contribution is -1.80. The number of hydrogen-bond donors (Lipinski definition) is 1. The number of benzene rings is 1. The highest BCUT2D eigenvalue weighted by atomic mass is 35.5. The van der Waals surface area contributed by atoms with Gasteiger partial charge in [-0.15, -0.1) is 0 Å². The van der Waals surface area contributed by atoms with Gasteiger partial charge in [-0.1, -0.05) is 29.8 Å². The average Bonchev–Trinajstić information content (AvgIpc) is 2.69. The molecule has 0 unspecified atom stereocenters. The molecule has 0 fully saturated rings. The van der Waals surface area contributed by atoms with Crippen molar-refractivity contribution in [3.63, 3.8) is 0 Å². The summed E-state index contributed by atoms with van der Waals surface area (Å²) in [5.74, 6) is 0.142. The highest BCUT2D eigenvalue weighted by molar-refractivity contribution is 6.30. The topological polar surface area (TPSA) is 37.5 Å². The van der Waals surface area contributed by atoms with Crippen LogP contribution in [0.15, 0.2) is 48.7 Å². The van der Waals surface area contributed by atoms with Crippen LogP contribution < -0.4 is 0 Å². The summed E-state index contributed by atoms with van der Waals surface area (Å²) in [5, 5.41) is 10.7. The normalized spacial score (nSPS) is 10.9.